The Kier molecular flexibility index (Phi) is 4.33. The van der Waals surface area contributed by atoms with E-state index in [0.717, 1.165) is 0 Å². The first-order valence-corrected chi connectivity index (χ1v) is 3.63. The molecule has 0 bridgehead atoms. The van der Waals surface area contributed by atoms with Gasteiger partial charge in [0.25, 0.3) is 0 Å². The van der Waals surface area contributed by atoms with Gasteiger partial charge in [-0.2, -0.15) is 0 Å². The zero-order valence-electron chi connectivity index (χ0n) is 7.04. The van der Waals surface area contributed by atoms with Crippen LogP contribution in [0.1, 0.15) is 13.8 Å². The van der Waals surface area contributed by atoms with Crippen LogP contribution in [0.4, 0.5) is 0 Å². The van der Waals surface area contributed by atoms with Gasteiger partial charge in [0.15, 0.2) is 0 Å². The van der Waals surface area contributed by atoms with Crippen LogP contribution >= 0.6 is 0 Å². The lowest BCUT2D eigenvalue weighted by Crippen LogP contribution is -2.30. The van der Waals surface area contributed by atoms with Crippen LogP contribution in [0.5, 0.6) is 0 Å². The highest BCUT2D eigenvalue weighted by atomic mass is 16.3. The molecule has 0 saturated carbocycles. The molecule has 0 saturated heterocycles. The van der Waals surface area contributed by atoms with E-state index < -0.39 is 5.41 Å². The SMILES string of the molecule is C/C=C(\CO)C(C)(CO)CO. The second-order valence-electron chi connectivity index (χ2n) is 2.85. The highest BCUT2D eigenvalue weighted by Crippen LogP contribution is 2.24. The molecule has 0 aliphatic rings. The van der Waals surface area contributed by atoms with Gasteiger partial charge in [-0.05, 0) is 12.5 Å². The molecule has 0 fully saturated rings. The molecule has 0 radical (unpaired) electrons. The van der Waals surface area contributed by atoms with Gasteiger partial charge in [0.1, 0.15) is 0 Å². The van der Waals surface area contributed by atoms with Gasteiger partial charge in [-0.25, -0.2) is 0 Å². The molecular weight excluding hydrogens is 144 g/mol. The molecule has 0 aliphatic carbocycles. The number of aliphatic hydroxyl groups is 3. The Bertz CT molecular complexity index is 136. The van der Waals surface area contributed by atoms with Gasteiger partial charge in [-0.15, -0.1) is 0 Å². The Balaban J connectivity index is 4.46. The van der Waals surface area contributed by atoms with Crippen LogP contribution in [0.2, 0.25) is 0 Å². The molecular formula is C8H16O3. The molecule has 0 atom stereocenters. The second-order valence-corrected chi connectivity index (χ2v) is 2.85. The number of allylic oxidation sites excluding steroid dienone is 1. The van der Waals surface area contributed by atoms with Crippen LogP contribution in [0.3, 0.4) is 0 Å². The summed E-state index contributed by atoms with van der Waals surface area (Å²) in [5.41, 5.74) is -0.00810. The lowest BCUT2D eigenvalue weighted by molar-refractivity contribution is 0.0885. The van der Waals surface area contributed by atoms with Crippen LogP contribution in [-0.4, -0.2) is 35.1 Å². The van der Waals surface area contributed by atoms with Gasteiger partial charge in [0, 0.05) is 5.41 Å². The lowest BCUT2D eigenvalue weighted by Gasteiger charge is -2.26. The normalized spacial score (nSPS) is 13.7. The summed E-state index contributed by atoms with van der Waals surface area (Å²) in [5.74, 6) is 0. The Morgan fingerprint density at radius 2 is 1.73 bits per heavy atom. The van der Waals surface area contributed by atoms with Crippen molar-refractivity contribution in [2.24, 2.45) is 5.41 Å². The van der Waals surface area contributed by atoms with Crippen LogP contribution in [0.25, 0.3) is 0 Å². The molecule has 3 nitrogen and oxygen atoms in total. The molecule has 66 valence electrons. The average Bonchev–Trinajstić information content (AvgIpc) is 2.06. The summed E-state index contributed by atoms with van der Waals surface area (Å²) in [6, 6.07) is 0. The van der Waals surface area contributed by atoms with E-state index in [-0.39, 0.29) is 19.8 Å². The van der Waals surface area contributed by atoms with Crippen molar-refractivity contribution in [3.63, 3.8) is 0 Å². The third kappa shape index (κ3) is 2.29. The number of hydrogen-bond donors (Lipinski definition) is 3. The first kappa shape index (κ1) is 10.6. The molecule has 0 aromatic heterocycles. The van der Waals surface area contributed by atoms with Crippen molar-refractivity contribution in [1.82, 2.24) is 0 Å². The van der Waals surface area contributed by atoms with E-state index in [1.165, 1.54) is 0 Å². The standard InChI is InChI=1S/C8H16O3/c1-3-7(4-9)8(2,5-10)6-11/h3,9-11H,4-6H2,1-2H3/b7-3+. The predicted molar refractivity (Wildman–Crippen MR) is 43.1 cm³/mol. The number of aliphatic hydroxyl groups excluding tert-OH is 3. The predicted octanol–water partition coefficient (Wildman–Crippen LogP) is -0.0841. The molecule has 3 N–H and O–H groups in total. The Labute approximate surface area is 67.0 Å². The van der Waals surface area contributed by atoms with Gasteiger partial charge in [0.05, 0.1) is 19.8 Å². The highest BCUT2D eigenvalue weighted by molar-refractivity contribution is 5.12. The summed E-state index contributed by atoms with van der Waals surface area (Å²) in [4.78, 5) is 0. The van der Waals surface area contributed by atoms with Gasteiger partial charge in [0.2, 0.25) is 0 Å². The zero-order chi connectivity index (χ0) is 8.91. The van der Waals surface area contributed by atoms with Crippen LogP contribution in [0, 0.1) is 5.41 Å². The Morgan fingerprint density at radius 1 is 1.27 bits per heavy atom. The smallest absolute Gasteiger partial charge is 0.0648 e. The van der Waals surface area contributed by atoms with Crippen molar-refractivity contribution in [2.75, 3.05) is 19.8 Å². The van der Waals surface area contributed by atoms with Crippen molar-refractivity contribution in [1.29, 1.82) is 0 Å². The monoisotopic (exact) mass is 160 g/mol. The summed E-state index contributed by atoms with van der Waals surface area (Å²) in [6.45, 7) is 3.06. The molecule has 0 unspecified atom stereocenters. The summed E-state index contributed by atoms with van der Waals surface area (Å²) >= 11 is 0. The molecule has 3 heteroatoms. The molecule has 0 aromatic rings. The first-order valence-electron chi connectivity index (χ1n) is 3.63. The maximum Gasteiger partial charge on any atom is 0.0648 e. The van der Waals surface area contributed by atoms with E-state index in [4.69, 9.17) is 15.3 Å². The van der Waals surface area contributed by atoms with E-state index in [1.54, 1.807) is 19.9 Å². The summed E-state index contributed by atoms with van der Waals surface area (Å²) in [6.07, 6.45) is 1.71. The summed E-state index contributed by atoms with van der Waals surface area (Å²) < 4.78 is 0. The first-order chi connectivity index (χ1) is 5.14. The van der Waals surface area contributed by atoms with Crippen molar-refractivity contribution >= 4 is 0 Å². The molecule has 0 aliphatic heterocycles. The largest absolute Gasteiger partial charge is 0.395 e. The fourth-order valence-electron chi connectivity index (χ4n) is 0.884. The molecule has 0 rings (SSSR count). The van der Waals surface area contributed by atoms with Crippen LogP contribution < -0.4 is 0 Å². The minimum atomic E-state index is -0.677. The van der Waals surface area contributed by atoms with Gasteiger partial charge >= 0.3 is 0 Å². The summed E-state index contributed by atoms with van der Waals surface area (Å²) in [5, 5.41) is 26.6. The van der Waals surface area contributed by atoms with E-state index in [2.05, 4.69) is 0 Å². The minimum absolute atomic E-state index is 0.117. The van der Waals surface area contributed by atoms with Crippen molar-refractivity contribution in [3.05, 3.63) is 11.6 Å². The second kappa shape index (κ2) is 4.49. The maximum atomic E-state index is 8.91. The van der Waals surface area contributed by atoms with Gasteiger partial charge in [-0.3, -0.25) is 0 Å². The number of rotatable bonds is 4. The Hall–Kier alpha value is -0.380. The van der Waals surface area contributed by atoms with E-state index in [9.17, 15) is 0 Å². The summed E-state index contributed by atoms with van der Waals surface area (Å²) in [7, 11) is 0. The van der Waals surface area contributed by atoms with E-state index in [1.807, 2.05) is 0 Å². The van der Waals surface area contributed by atoms with Crippen molar-refractivity contribution < 1.29 is 15.3 Å². The molecule has 0 heterocycles. The molecule has 0 amide bonds. The zero-order valence-corrected chi connectivity index (χ0v) is 7.04. The van der Waals surface area contributed by atoms with Crippen molar-refractivity contribution in [3.8, 4) is 0 Å². The average molecular weight is 160 g/mol. The highest BCUT2D eigenvalue weighted by Gasteiger charge is 2.26. The Morgan fingerprint density at radius 3 is 1.82 bits per heavy atom. The fraction of sp³-hybridized carbons (Fsp3) is 0.750. The van der Waals surface area contributed by atoms with Crippen LogP contribution in [0.15, 0.2) is 11.6 Å². The molecule has 11 heavy (non-hydrogen) atoms. The fourth-order valence-corrected chi connectivity index (χ4v) is 0.884. The minimum Gasteiger partial charge on any atom is -0.395 e. The number of hydrogen-bond acceptors (Lipinski definition) is 3. The van der Waals surface area contributed by atoms with Gasteiger partial charge in [-0.1, -0.05) is 13.0 Å². The van der Waals surface area contributed by atoms with Crippen molar-refractivity contribution in [2.45, 2.75) is 13.8 Å². The van der Waals surface area contributed by atoms with Crippen LogP contribution in [-0.2, 0) is 0 Å². The quantitative estimate of drug-likeness (QED) is 0.504. The lowest BCUT2D eigenvalue weighted by atomic mass is 9.84. The molecule has 0 spiro atoms. The maximum absolute atomic E-state index is 8.91. The topological polar surface area (TPSA) is 60.7 Å². The van der Waals surface area contributed by atoms with E-state index >= 15 is 0 Å². The van der Waals surface area contributed by atoms with E-state index in [0.29, 0.717) is 5.57 Å². The molecule has 0 aromatic carbocycles. The van der Waals surface area contributed by atoms with Gasteiger partial charge < -0.3 is 15.3 Å². The third-order valence-electron chi connectivity index (χ3n) is 1.99. The third-order valence-corrected chi connectivity index (χ3v) is 1.99.